The average Bonchev–Trinajstić information content (AvgIpc) is 2.57. The minimum absolute atomic E-state index is 0.220. The summed E-state index contributed by atoms with van der Waals surface area (Å²) in [4.78, 5) is 0. The maximum absolute atomic E-state index is 10.1. The van der Waals surface area contributed by atoms with Crippen molar-refractivity contribution >= 4 is 0 Å². The van der Waals surface area contributed by atoms with Crippen molar-refractivity contribution in [3.8, 4) is 0 Å². The SMILES string of the molecule is C[C@@H]1O[C@H](CO[C@@H]2O[C@H](CO)CCC[C@H](O)[C@H]2O)[C@@H](O)[C@H](O)[C@H]1O. The lowest BCUT2D eigenvalue weighted by Gasteiger charge is -2.40. The van der Waals surface area contributed by atoms with Gasteiger partial charge in [-0.2, -0.15) is 0 Å². The van der Waals surface area contributed by atoms with Crippen LogP contribution in [-0.2, 0) is 14.2 Å². The number of hydrogen-bond donors (Lipinski definition) is 6. The van der Waals surface area contributed by atoms with Gasteiger partial charge in [-0.15, -0.1) is 0 Å². The molecule has 142 valence electrons. The second kappa shape index (κ2) is 8.84. The van der Waals surface area contributed by atoms with E-state index in [1.807, 2.05) is 0 Å². The van der Waals surface area contributed by atoms with Gasteiger partial charge in [0.05, 0.1) is 31.5 Å². The van der Waals surface area contributed by atoms with Gasteiger partial charge in [-0.25, -0.2) is 0 Å². The van der Waals surface area contributed by atoms with Gasteiger partial charge < -0.3 is 44.8 Å². The first kappa shape index (κ1) is 20.0. The highest BCUT2D eigenvalue weighted by Crippen LogP contribution is 2.24. The van der Waals surface area contributed by atoms with Crippen molar-refractivity contribution in [3.05, 3.63) is 0 Å². The van der Waals surface area contributed by atoms with E-state index in [2.05, 4.69) is 0 Å². The van der Waals surface area contributed by atoms with E-state index in [1.54, 1.807) is 6.92 Å². The Kier molecular flexibility index (Phi) is 7.35. The van der Waals surface area contributed by atoms with Gasteiger partial charge in [-0.05, 0) is 26.2 Å². The molecule has 2 aliphatic rings. The van der Waals surface area contributed by atoms with E-state index >= 15 is 0 Å². The van der Waals surface area contributed by atoms with Crippen LogP contribution in [0.3, 0.4) is 0 Å². The van der Waals surface area contributed by atoms with Crippen LogP contribution in [0.1, 0.15) is 26.2 Å². The number of aliphatic hydroxyl groups excluding tert-OH is 6. The topological polar surface area (TPSA) is 149 Å². The molecule has 0 radical (unpaired) electrons. The molecule has 2 rings (SSSR count). The smallest absolute Gasteiger partial charge is 0.186 e. The Morgan fingerprint density at radius 1 is 0.917 bits per heavy atom. The maximum Gasteiger partial charge on any atom is 0.186 e. The molecular weight excluding hydrogens is 324 g/mol. The predicted octanol–water partition coefficient (Wildman–Crippen LogP) is -2.52. The van der Waals surface area contributed by atoms with Crippen molar-refractivity contribution in [2.45, 2.75) is 81.3 Å². The molecule has 2 fully saturated rings. The Morgan fingerprint density at radius 2 is 1.62 bits per heavy atom. The van der Waals surface area contributed by atoms with Crippen LogP contribution in [0.15, 0.2) is 0 Å². The van der Waals surface area contributed by atoms with Crippen LogP contribution in [0.5, 0.6) is 0 Å². The summed E-state index contributed by atoms with van der Waals surface area (Å²) in [6, 6.07) is 0. The average molecular weight is 352 g/mol. The molecule has 0 spiro atoms. The van der Waals surface area contributed by atoms with E-state index in [0.29, 0.717) is 19.3 Å². The normalized spacial score (nSPS) is 47.9. The number of hydrogen-bond acceptors (Lipinski definition) is 9. The summed E-state index contributed by atoms with van der Waals surface area (Å²) in [5, 5.41) is 58.7. The van der Waals surface area contributed by atoms with Gasteiger partial charge in [0.25, 0.3) is 0 Å². The van der Waals surface area contributed by atoms with Crippen LogP contribution in [-0.4, -0.2) is 99.0 Å². The molecule has 2 heterocycles. The van der Waals surface area contributed by atoms with E-state index in [-0.39, 0.29) is 13.2 Å². The highest BCUT2D eigenvalue weighted by Gasteiger charge is 2.42. The van der Waals surface area contributed by atoms with Crippen LogP contribution in [0.2, 0.25) is 0 Å². The fourth-order valence-corrected chi connectivity index (χ4v) is 2.98. The third kappa shape index (κ3) is 4.63. The van der Waals surface area contributed by atoms with E-state index < -0.39 is 55.1 Å². The van der Waals surface area contributed by atoms with Gasteiger partial charge in [0.2, 0.25) is 0 Å². The van der Waals surface area contributed by atoms with Crippen molar-refractivity contribution in [3.63, 3.8) is 0 Å². The van der Waals surface area contributed by atoms with Gasteiger partial charge >= 0.3 is 0 Å². The predicted molar refractivity (Wildman–Crippen MR) is 79.9 cm³/mol. The van der Waals surface area contributed by atoms with Crippen molar-refractivity contribution in [1.82, 2.24) is 0 Å². The molecule has 2 aliphatic heterocycles. The molecule has 24 heavy (non-hydrogen) atoms. The van der Waals surface area contributed by atoms with Crippen LogP contribution >= 0.6 is 0 Å². The molecule has 9 atom stereocenters. The van der Waals surface area contributed by atoms with Crippen molar-refractivity contribution in [2.24, 2.45) is 0 Å². The monoisotopic (exact) mass is 352 g/mol. The summed E-state index contributed by atoms with van der Waals surface area (Å²) in [7, 11) is 0. The van der Waals surface area contributed by atoms with Crippen LogP contribution in [0.4, 0.5) is 0 Å². The molecule has 0 aromatic rings. The summed E-state index contributed by atoms with van der Waals surface area (Å²) in [5.41, 5.74) is 0. The molecule has 9 nitrogen and oxygen atoms in total. The third-order valence-electron chi connectivity index (χ3n) is 4.61. The fourth-order valence-electron chi connectivity index (χ4n) is 2.98. The second-order valence-corrected chi connectivity index (χ2v) is 6.48. The van der Waals surface area contributed by atoms with Crippen molar-refractivity contribution in [1.29, 1.82) is 0 Å². The summed E-state index contributed by atoms with van der Waals surface area (Å²) < 4.78 is 16.4. The Labute approximate surface area is 140 Å². The highest BCUT2D eigenvalue weighted by atomic mass is 16.7. The maximum atomic E-state index is 10.1. The lowest BCUT2D eigenvalue weighted by Crippen LogP contribution is -2.58. The van der Waals surface area contributed by atoms with Gasteiger partial charge in [-0.1, -0.05) is 0 Å². The first-order valence-electron chi connectivity index (χ1n) is 8.28. The molecular formula is C15H28O9. The van der Waals surface area contributed by atoms with E-state index in [1.165, 1.54) is 0 Å². The standard InChI is InChI=1S/C15H28O9/c1-7-11(18)14(21)13(20)10(23-7)6-22-15-12(19)9(17)4-2-3-8(5-16)24-15/h7-21H,2-6H2,1H3/t7-,8-,9-,10+,11-,12+,13+,14+,15+/m0/s1. The third-order valence-corrected chi connectivity index (χ3v) is 4.61. The molecule has 0 aliphatic carbocycles. The molecule has 0 unspecified atom stereocenters. The molecule has 6 N–H and O–H groups in total. The van der Waals surface area contributed by atoms with Gasteiger partial charge in [0, 0.05) is 0 Å². The molecule has 0 bridgehead atoms. The molecule has 0 aromatic heterocycles. The first-order chi connectivity index (χ1) is 11.3. The Morgan fingerprint density at radius 3 is 2.29 bits per heavy atom. The summed E-state index contributed by atoms with van der Waals surface area (Å²) >= 11 is 0. The van der Waals surface area contributed by atoms with Crippen LogP contribution < -0.4 is 0 Å². The fraction of sp³-hybridized carbons (Fsp3) is 1.00. The van der Waals surface area contributed by atoms with Crippen LogP contribution in [0.25, 0.3) is 0 Å². The Hall–Kier alpha value is -0.360. The lowest BCUT2D eigenvalue weighted by molar-refractivity contribution is -0.276. The first-order valence-corrected chi connectivity index (χ1v) is 8.28. The largest absolute Gasteiger partial charge is 0.394 e. The second-order valence-electron chi connectivity index (χ2n) is 6.48. The van der Waals surface area contributed by atoms with E-state index in [4.69, 9.17) is 14.2 Å². The zero-order valence-electron chi connectivity index (χ0n) is 13.6. The van der Waals surface area contributed by atoms with Gasteiger partial charge in [-0.3, -0.25) is 0 Å². The Balaban J connectivity index is 1.96. The Bertz CT molecular complexity index is 382. The molecule has 0 aromatic carbocycles. The number of rotatable bonds is 4. The molecule has 9 heteroatoms. The molecule has 2 saturated heterocycles. The summed E-state index contributed by atoms with van der Waals surface area (Å²) in [5.74, 6) is 0. The van der Waals surface area contributed by atoms with Crippen molar-refractivity contribution < 1.29 is 44.8 Å². The zero-order chi connectivity index (χ0) is 17.9. The minimum atomic E-state index is -1.37. The van der Waals surface area contributed by atoms with Gasteiger partial charge in [0.1, 0.15) is 30.5 Å². The van der Waals surface area contributed by atoms with E-state index in [9.17, 15) is 30.6 Å². The number of ether oxygens (including phenoxy) is 3. The zero-order valence-corrected chi connectivity index (χ0v) is 13.6. The van der Waals surface area contributed by atoms with Crippen molar-refractivity contribution in [2.75, 3.05) is 13.2 Å². The quantitative estimate of drug-likeness (QED) is 0.322. The molecule has 0 saturated carbocycles. The minimum Gasteiger partial charge on any atom is -0.394 e. The van der Waals surface area contributed by atoms with Crippen LogP contribution in [0, 0.1) is 0 Å². The lowest BCUT2D eigenvalue weighted by atomic mass is 9.96. The molecule has 0 amide bonds. The van der Waals surface area contributed by atoms with Gasteiger partial charge in [0.15, 0.2) is 6.29 Å². The number of aliphatic hydroxyl groups is 6. The summed E-state index contributed by atoms with van der Waals surface area (Å²) in [6.07, 6.45) is -8.17. The highest BCUT2D eigenvalue weighted by molar-refractivity contribution is 4.90. The summed E-state index contributed by atoms with van der Waals surface area (Å²) in [6.45, 7) is 1.09. The van der Waals surface area contributed by atoms with E-state index in [0.717, 1.165) is 0 Å².